The minimum Gasteiger partial charge on any atom is -0.464 e. The van der Waals surface area contributed by atoms with Crippen LogP contribution in [0.15, 0.2) is 24.3 Å². The molecule has 1 fully saturated rings. The standard InChI is InChI=1S/C22H32B2N6O2/c1-2-22(23,24)14-32-21-27-19(25)18-20(28-21)30(13-17(31)26-18)12-16-7-5-15(6-8-16)11-29-9-3-4-10-29/h5-8H,2-4,9-14,23-24H2,1H3,(H,26,31)(H2,25,27,28). The van der Waals surface area contributed by atoms with E-state index in [1.807, 2.05) is 4.90 Å². The molecule has 0 atom stereocenters. The molecule has 168 valence electrons. The SMILES string of the molecule is BC(B)(CC)COc1nc(N)c2c(n1)N(Cc1ccc(CN3CCCC3)cc1)CC(=O)N2. The quantitative estimate of drug-likeness (QED) is 0.593. The van der Waals surface area contributed by atoms with Crippen molar-refractivity contribution in [3.8, 4) is 6.01 Å². The maximum atomic E-state index is 12.3. The lowest BCUT2D eigenvalue weighted by Crippen LogP contribution is -2.39. The molecule has 1 aromatic heterocycles. The number of hydrogen-bond donors (Lipinski definition) is 2. The summed E-state index contributed by atoms with van der Waals surface area (Å²) < 4.78 is 5.87. The number of nitrogen functional groups attached to an aromatic ring is 1. The number of hydrogen-bond acceptors (Lipinski definition) is 7. The van der Waals surface area contributed by atoms with Crippen LogP contribution in [0.4, 0.5) is 17.3 Å². The van der Waals surface area contributed by atoms with Gasteiger partial charge in [0.05, 0.1) is 13.2 Å². The summed E-state index contributed by atoms with van der Waals surface area (Å²) in [6.45, 7) is 6.74. The van der Waals surface area contributed by atoms with Gasteiger partial charge < -0.3 is 20.7 Å². The van der Waals surface area contributed by atoms with Crippen molar-refractivity contribution in [3.63, 3.8) is 0 Å². The van der Waals surface area contributed by atoms with E-state index in [0.717, 1.165) is 18.5 Å². The van der Waals surface area contributed by atoms with E-state index in [9.17, 15) is 4.79 Å². The van der Waals surface area contributed by atoms with Crippen LogP contribution in [0.3, 0.4) is 0 Å². The van der Waals surface area contributed by atoms with Gasteiger partial charge >= 0.3 is 6.01 Å². The molecule has 3 heterocycles. The fourth-order valence-corrected chi connectivity index (χ4v) is 3.95. The smallest absolute Gasteiger partial charge is 0.320 e. The number of ether oxygens (including phenoxy) is 1. The number of carbonyl (C=O) groups is 1. The van der Waals surface area contributed by atoms with Crippen molar-refractivity contribution < 1.29 is 9.53 Å². The van der Waals surface area contributed by atoms with E-state index in [1.54, 1.807) is 0 Å². The van der Waals surface area contributed by atoms with Gasteiger partial charge in [0.15, 0.2) is 11.6 Å². The zero-order valence-corrected chi connectivity index (χ0v) is 19.4. The first kappa shape index (κ1) is 22.5. The monoisotopic (exact) mass is 434 g/mol. The Hall–Kier alpha value is -2.74. The van der Waals surface area contributed by atoms with Crippen molar-refractivity contribution in [2.24, 2.45) is 0 Å². The van der Waals surface area contributed by atoms with Gasteiger partial charge in [0.25, 0.3) is 0 Å². The number of nitrogens with two attached hydrogens (primary N) is 1. The van der Waals surface area contributed by atoms with Gasteiger partial charge in [-0.15, -0.1) is 0 Å². The summed E-state index contributed by atoms with van der Waals surface area (Å²) >= 11 is 0. The maximum Gasteiger partial charge on any atom is 0.320 e. The third-order valence-corrected chi connectivity index (χ3v) is 6.35. The summed E-state index contributed by atoms with van der Waals surface area (Å²) in [5.41, 5.74) is 9.03. The van der Waals surface area contributed by atoms with Crippen LogP contribution < -0.4 is 20.7 Å². The van der Waals surface area contributed by atoms with E-state index in [0.29, 0.717) is 24.7 Å². The summed E-state index contributed by atoms with van der Waals surface area (Å²) in [7, 11) is 4.27. The van der Waals surface area contributed by atoms with E-state index in [2.05, 4.69) is 67.1 Å². The molecule has 2 aromatic rings. The molecule has 1 amide bonds. The van der Waals surface area contributed by atoms with Crippen LogP contribution >= 0.6 is 0 Å². The summed E-state index contributed by atoms with van der Waals surface area (Å²) in [5, 5.41) is 2.83. The molecule has 1 saturated heterocycles. The summed E-state index contributed by atoms with van der Waals surface area (Å²) in [4.78, 5) is 25.6. The fraction of sp³-hybridized carbons (Fsp3) is 0.500. The number of likely N-dealkylation sites (tertiary alicyclic amines) is 1. The minimum absolute atomic E-state index is 0.0126. The number of benzene rings is 1. The molecule has 1 aromatic carbocycles. The Morgan fingerprint density at radius 3 is 2.44 bits per heavy atom. The van der Waals surface area contributed by atoms with Crippen molar-refractivity contribution in [2.75, 3.05) is 42.2 Å². The van der Waals surface area contributed by atoms with Crippen LogP contribution in [0.25, 0.3) is 0 Å². The summed E-state index contributed by atoms with van der Waals surface area (Å²) in [5.74, 6) is 0.695. The van der Waals surface area contributed by atoms with Crippen molar-refractivity contribution in [1.29, 1.82) is 0 Å². The van der Waals surface area contributed by atoms with E-state index >= 15 is 0 Å². The van der Waals surface area contributed by atoms with E-state index in [1.165, 1.54) is 31.5 Å². The van der Waals surface area contributed by atoms with E-state index in [-0.39, 0.29) is 29.5 Å². The number of rotatable bonds is 8. The Morgan fingerprint density at radius 2 is 1.78 bits per heavy atom. The van der Waals surface area contributed by atoms with Gasteiger partial charge in [0.1, 0.15) is 21.4 Å². The Bertz CT molecular complexity index is 964. The topological polar surface area (TPSA) is 96.6 Å². The number of aromatic nitrogens is 2. The van der Waals surface area contributed by atoms with Crippen molar-refractivity contribution in [1.82, 2.24) is 14.9 Å². The molecule has 0 bridgehead atoms. The fourth-order valence-electron chi connectivity index (χ4n) is 3.95. The maximum absolute atomic E-state index is 12.3. The molecule has 3 N–H and O–H groups in total. The number of carbonyl (C=O) groups excluding carboxylic acids is 1. The highest BCUT2D eigenvalue weighted by Gasteiger charge is 2.28. The molecule has 2 aliphatic rings. The van der Waals surface area contributed by atoms with Crippen molar-refractivity contribution in [2.45, 2.75) is 44.5 Å². The molecular weight excluding hydrogens is 402 g/mol. The van der Waals surface area contributed by atoms with Gasteiger partial charge in [-0.25, -0.2) is 0 Å². The first-order valence-corrected chi connectivity index (χ1v) is 11.5. The Labute approximate surface area is 191 Å². The lowest BCUT2D eigenvalue weighted by molar-refractivity contribution is -0.115. The number of anilines is 3. The second kappa shape index (κ2) is 9.40. The van der Waals surface area contributed by atoms with Gasteiger partial charge in [-0.05, 0) is 37.1 Å². The first-order valence-electron chi connectivity index (χ1n) is 11.5. The zero-order valence-electron chi connectivity index (χ0n) is 19.4. The van der Waals surface area contributed by atoms with Gasteiger partial charge in [-0.2, -0.15) is 9.97 Å². The highest BCUT2D eigenvalue weighted by Crippen LogP contribution is 2.34. The molecular formula is C22H32B2N6O2. The van der Waals surface area contributed by atoms with Crippen LogP contribution in [0.2, 0.25) is 5.21 Å². The second-order valence-corrected chi connectivity index (χ2v) is 9.60. The highest BCUT2D eigenvalue weighted by atomic mass is 16.5. The second-order valence-electron chi connectivity index (χ2n) is 9.60. The summed E-state index contributed by atoms with van der Waals surface area (Å²) in [6.07, 6.45) is 3.56. The molecule has 0 spiro atoms. The summed E-state index contributed by atoms with van der Waals surface area (Å²) in [6, 6.07) is 8.85. The molecule has 4 rings (SSSR count). The molecule has 32 heavy (non-hydrogen) atoms. The van der Waals surface area contributed by atoms with Crippen LogP contribution in [-0.2, 0) is 17.9 Å². The lowest BCUT2D eigenvalue weighted by Gasteiger charge is -2.30. The Kier molecular flexibility index (Phi) is 6.60. The zero-order chi connectivity index (χ0) is 22.7. The Morgan fingerprint density at radius 1 is 1.12 bits per heavy atom. The average Bonchev–Trinajstić information content (AvgIpc) is 3.27. The van der Waals surface area contributed by atoms with Crippen LogP contribution in [0.5, 0.6) is 6.01 Å². The molecule has 0 aliphatic carbocycles. The number of amides is 1. The van der Waals surface area contributed by atoms with Crippen LogP contribution in [0, 0.1) is 0 Å². The van der Waals surface area contributed by atoms with Gasteiger partial charge in [0, 0.05) is 13.1 Å². The van der Waals surface area contributed by atoms with Crippen molar-refractivity contribution in [3.05, 3.63) is 35.4 Å². The van der Waals surface area contributed by atoms with E-state index < -0.39 is 0 Å². The predicted octanol–water partition coefficient (Wildman–Crippen LogP) is 0.785. The normalized spacial score (nSPS) is 16.7. The molecule has 0 radical (unpaired) electrons. The molecule has 0 saturated carbocycles. The molecule has 0 unspecified atom stereocenters. The predicted molar refractivity (Wildman–Crippen MR) is 133 cm³/mol. The van der Waals surface area contributed by atoms with Crippen LogP contribution in [0.1, 0.15) is 37.3 Å². The first-order chi connectivity index (χ1) is 15.3. The number of nitrogens with zero attached hydrogens (tertiary/aromatic N) is 4. The average molecular weight is 434 g/mol. The van der Waals surface area contributed by atoms with Crippen molar-refractivity contribution >= 4 is 38.9 Å². The number of nitrogens with one attached hydrogen (secondary N) is 1. The third kappa shape index (κ3) is 5.35. The highest BCUT2D eigenvalue weighted by molar-refractivity contribution is 6.39. The largest absolute Gasteiger partial charge is 0.464 e. The van der Waals surface area contributed by atoms with Gasteiger partial charge in [-0.3, -0.25) is 9.69 Å². The minimum atomic E-state index is -0.126. The molecule has 10 heteroatoms. The Balaban J connectivity index is 1.50. The van der Waals surface area contributed by atoms with Crippen LogP contribution in [-0.4, -0.2) is 62.7 Å². The van der Waals surface area contributed by atoms with Gasteiger partial charge in [-0.1, -0.05) is 42.8 Å². The van der Waals surface area contributed by atoms with Gasteiger partial charge in [0.2, 0.25) is 5.91 Å². The molecule has 8 nitrogen and oxygen atoms in total. The third-order valence-electron chi connectivity index (χ3n) is 6.35. The molecule has 2 aliphatic heterocycles. The lowest BCUT2D eigenvalue weighted by atomic mass is 9.53. The number of fused-ring (bicyclic) bond motifs is 1. The van der Waals surface area contributed by atoms with E-state index in [4.69, 9.17) is 10.5 Å².